The molecule has 0 unspecified atom stereocenters. The van der Waals surface area contributed by atoms with Gasteiger partial charge in [0.2, 0.25) is 5.91 Å². The molecule has 0 aliphatic heterocycles. The van der Waals surface area contributed by atoms with Crippen LogP contribution in [0.2, 0.25) is 0 Å². The van der Waals surface area contributed by atoms with Crippen LogP contribution in [0.3, 0.4) is 0 Å². The van der Waals surface area contributed by atoms with E-state index in [0.717, 1.165) is 10.1 Å². The van der Waals surface area contributed by atoms with Crippen LogP contribution in [-0.4, -0.2) is 44.8 Å². The van der Waals surface area contributed by atoms with Crippen molar-refractivity contribution in [3.8, 4) is 0 Å². The molecule has 0 atom stereocenters. The number of hydrogen-bond acceptors (Lipinski definition) is 4. The van der Waals surface area contributed by atoms with Gasteiger partial charge < -0.3 is 10.0 Å². The molecule has 128 valence electrons. The van der Waals surface area contributed by atoms with Gasteiger partial charge in [-0.2, -0.15) is 5.10 Å². The molecule has 1 aromatic heterocycles. The van der Waals surface area contributed by atoms with Gasteiger partial charge in [0, 0.05) is 18.5 Å². The number of amides is 1. The molecule has 0 radical (unpaired) electrons. The van der Waals surface area contributed by atoms with Gasteiger partial charge in [0.25, 0.3) is 5.56 Å². The molecule has 1 aromatic carbocycles. The Hall–Kier alpha value is -2.70. The van der Waals surface area contributed by atoms with Crippen molar-refractivity contribution in [1.29, 1.82) is 0 Å². The molecule has 0 fully saturated rings. The minimum absolute atomic E-state index is 0.120. The summed E-state index contributed by atoms with van der Waals surface area (Å²) in [5.74, 6) is -1.07. The predicted octanol–water partition coefficient (Wildman–Crippen LogP) is 1.36. The fraction of sp³-hybridized carbons (Fsp3) is 0.412. The van der Waals surface area contributed by atoms with Gasteiger partial charge in [-0.1, -0.05) is 32.0 Å². The molecule has 7 heteroatoms. The lowest BCUT2D eigenvalue weighted by atomic mass is 10.2. The quantitative estimate of drug-likeness (QED) is 0.827. The molecule has 0 spiro atoms. The molecule has 0 saturated carbocycles. The number of carboxylic acids is 1. The number of aromatic nitrogens is 2. The Kier molecular flexibility index (Phi) is 5.68. The number of carbonyl (C=O) groups excluding carboxylic acids is 1. The Morgan fingerprint density at radius 2 is 2.00 bits per heavy atom. The van der Waals surface area contributed by atoms with Gasteiger partial charge in [0.1, 0.15) is 6.54 Å². The molecule has 1 heterocycles. The number of carboxylic acid groups (broad SMARTS) is 1. The summed E-state index contributed by atoms with van der Waals surface area (Å²) in [6.45, 7) is 4.25. The van der Waals surface area contributed by atoms with Crippen LogP contribution in [0.4, 0.5) is 0 Å². The number of aliphatic carboxylic acids is 1. The summed E-state index contributed by atoms with van der Waals surface area (Å²) < 4.78 is 1.12. The number of rotatable bonds is 7. The fourth-order valence-corrected chi connectivity index (χ4v) is 2.46. The van der Waals surface area contributed by atoms with Crippen LogP contribution < -0.4 is 5.56 Å². The molecular weight excluding hydrogens is 310 g/mol. The molecule has 2 rings (SSSR count). The molecular formula is C17H21N3O4. The molecule has 24 heavy (non-hydrogen) atoms. The zero-order valence-corrected chi connectivity index (χ0v) is 13.8. The summed E-state index contributed by atoms with van der Waals surface area (Å²) in [4.78, 5) is 37.1. The third-order valence-electron chi connectivity index (χ3n) is 3.58. The summed E-state index contributed by atoms with van der Waals surface area (Å²) in [5, 5.41) is 14.1. The summed E-state index contributed by atoms with van der Waals surface area (Å²) in [7, 11) is 0. The van der Waals surface area contributed by atoms with E-state index >= 15 is 0 Å². The van der Waals surface area contributed by atoms with Gasteiger partial charge in [0.05, 0.1) is 18.0 Å². The van der Waals surface area contributed by atoms with Crippen LogP contribution in [0.5, 0.6) is 0 Å². The third-order valence-corrected chi connectivity index (χ3v) is 3.58. The van der Waals surface area contributed by atoms with E-state index in [9.17, 15) is 14.4 Å². The zero-order valence-electron chi connectivity index (χ0n) is 13.8. The maximum atomic E-state index is 12.5. The van der Waals surface area contributed by atoms with Crippen molar-refractivity contribution in [3.05, 3.63) is 40.8 Å². The van der Waals surface area contributed by atoms with Crippen molar-refractivity contribution in [2.75, 3.05) is 13.1 Å². The first-order valence-electron chi connectivity index (χ1n) is 7.83. The number of carbonyl (C=O) groups is 2. The molecule has 1 amide bonds. The highest BCUT2D eigenvalue weighted by Crippen LogP contribution is 2.07. The van der Waals surface area contributed by atoms with Gasteiger partial charge in [-0.25, -0.2) is 4.68 Å². The molecule has 7 nitrogen and oxygen atoms in total. The van der Waals surface area contributed by atoms with E-state index in [1.807, 2.05) is 19.9 Å². The molecule has 0 aliphatic carbocycles. The highest BCUT2D eigenvalue weighted by atomic mass is 16.4. The van der Waals surface area contributed by atoms with Gasteiger partial charge in [-0.3, -0.25) is 14.4 Å². The summed E-state index contributed by atoms with van der Waals surface area (Å²) in [5.41, 5.74) is -0.329. The van der Waals surface area contributed by atoms with E-state index < -0.39 is 5.97 Å². The lowest BCUT2D eigenvalue weighted by Crippen LogP contribution is -2.40. The maximum Gasteiger partial charge on any atom is 0.305 e. The highest BCUT2D eigenvalue weighted by Gasteiger charge is 2.18. The highest BCUT2D eigenvalue weighted by molar-refractivity contribution is 5.81. The first-order chi connectivity index (χ1) is 11.4. The van der Waals surface area contributed by atoms with Crippen LogP contribution in [0.15, 0.2) is 35.3 Å². The van der Waals surface area contributed by atoms with E-state index in [1.54, 1.807) is 24.4 Å². The van der Waals surface area contributed by atoms with Crippen molar-refractivity contribution in [1.82, 2.24) is 14.7 Å². The van der Waals surface area contributed by atoms with Crippen LogP contribution in [-0.2, 0) is 16.1 Å². The van der Waals surface area contributed by atoms with E-state index in [-0.39, 0.29) is 36.9 Å². The van der Waals surface area contributed by atoms with E-state index in [0.29, 0.717) is 11.9 Å². The van der Waals surface area contributed by atoms with Crippen molar-refractivity contribution < 1.29 is 14.7 Å². The minimum Gasteiger partial charge on any atom is -0.481 e. The summed E-state index contributed by atoms with van der Waals surface area (Å²) in [6.07, 6.45) is 1.42. The van der Waals surface area contributed by atoms with Crippen LogP contribution in [0, 0.1) is 5.92 Å². The van der Waals surface area contributed by atoms with Gasteiger partial charge >= 0.3 is 5.97 Å². The second-order valence-electron chi connectivity index (χ2n) is 6.07. The van der Waals surface area contributed by atoms with E-state index in [2.05, 4.69) is 5.10 Å². The van der Waals surface area contributed by atoms with Gasteiger partial charge in [-0.15, -0.1) is 0 Å². The SMILES string of the molecule is CC(C)CN(CCC(=O)O)C(=O)Cn1ncc2ccccc2c1=O. The molecule has 0 bridgehead atoms. The standard InChI is InChI=1S/C17H21N3O4/c1-12(2)10-19(8-7-16(22)23)15(21)11-20-17(24)14-6-4-3-5-13(14)9-18-20/h3-6,9,12H,7-8,10-11H2,1-2H3,(H,22,23). The maximum absolute atomic E-state index is 12.5. The Labute approximate surface area is 139 Å². The third kappa shape index (κ3) is 4.41. The Bertz CT molecular complexity index is 798. The Balaban J connectivity index is 2.20. The molecule has 2 aromatic rings. The van der Waals surface area contributed by atoms with Crippen LogP contribution in [0.25, 0.3) is 10.8 Å². The number of hydrogen-bond donors (Lipinski definition) is 1. The lowest BCUT2D eigenvalue weighted by Gasteiger charge is -2.24. The Morgan fingerprint density at radius 1 is 1.29 bits per heavy atom. The van der Waals surface area contributed by atoms with Crippen molar-refractivity contribution in [2.24, 2.45) is 5.92 Å². The monoisotopic (exact) mass is 331 g/mol. The van der Waals surface area contributed by atoms with Gasteiger partial charge in [0.15, 0.2) is 0 Å². The first-order valence-corrected chi connectivity index (χ1v) is 7.83. The topological polar surface area (TPSA) is 92.5 Å². The fourth-order valence-electron chi connectivity index (χ4n) is 2.46. The van der Waals surface area contributed by atoms with E-state index in [4.69, 9.17) is 5.11 Å². The second kappa shape index (κ2) is 7.72. The summed E-state index contributed by atoms with van der Waals surface area (Å²) in [6, 6.07) is 7.05. The van der Waals surface area contributed by atoms with E-state index in [1.165, 1.54) is 4.90 Å². The number of benzene rings is 1. The second-order valence-corrected chi connectivity index (χ2v) is 6.07. The summed E-state index contributed by atoms with van der Waals surface area (Å²) >= 11 is 0. The van der Waals surface area contributed by atoms with Crippen molar-refractivity contribution in [2.45, 2.75) is 26.8 Å². The van der Waals surface area contributed by atoms with Crippen molar-refractivity contribution >= 4 is 22.6 Å². The molecule has 0 saturated heterocycles. The number of fused-ring (bicyclic) bond motifs is 1. The molecule has 1 N–H and O–H groups in total. The van der Waals surface area contributed by atoms with Crippen molar-refractivity contribution in [3.63, 3.8) is 0 Å². The van der Waals surface area contributed by atoms with Gasteiger partial charge in [-0.05, 0) is 12.0 Å². The normalized spacial score (nSPS) is 11.0. The largest absolute Gasteiger partial charge is 0.481 e. The number of nitrogens with zero attached hydrogens (tertiary/aromatic N) is 3. The van der Waals surface area contributed by atoms with Crippen LogP contribution in [0.1, 0.15) is 20.3 Å². The average molecular weight is 331 g/mol. The Morgan fingerprint density at radius 3 is 2.67 bits per heavy atom. The first kappa shape index (κ1) is 17.7. The lowest BCUT2D eigenvalue weighted by molar-refractivity contribution is -0.139. The average Bonchev–Trinajstić information content (AvgIpc) is 2.53. The smallest absolute Gasteiger partial charge is 0.305 e. The zero-order chi connectivity index (χ0) is 17.7. The predicted molar refractivity (Wildman–Crippen MR) is 89.7 cm³/mol. The van der Waals surface area contributed by atoms with Crippen LogP contribution >= 0.6 is 0 Å². The molecule has 0 aliphatic rings. The minimum atomic E-state index is -0.961.